The van der Waals surface area contributed by atoms with Gasteiger partial charge >= 0.3 is 0 Å². The largest absolute Gasteiger partial charge is 0.397 e. The smallest absolute Gasteiger partial charge is 0.247 e. The van der Waals surface area contributed by atoms with Crippen LogP contribution in [0.1, 0.15) is 37.0 Å². The summed E-state index contributed by atoms with van der Waals surface area (Å²) >= 11 is 1.53. The molecule has 1 amide bonds. The summed E-state index contributed by atoms with van der Waals surface area (Å²) in [5, 5.41) is 1.94. The third kappa shape index (κ3) is 5.61. The molecule has 0 saturated carbocycles. The first-order valence-electron chi connectivity index (χ1n) is 7.75. The number of amides is 1. The topological polar surface area (TPSA) is 84.7 Å². The predicted octanol–water partition coefficient (Wildman–Crippen LogP) is 2.20. The maximum Gasteiger partial charge on any atom is 0.247 e. The minimum Gasteiger partial charge on any atom is -0.397 e. The highest BCUT2D eigenvalue weighted by molar-refractivity contribution is 7.11. The quantitative estimate of drug-likeness (QED) is 0.621. The van der Waals surface area contributed by atoms with E-state index in [-0.39, 0.29) is 11.7 Å². The summed E-state index contributed by atoms with van der Waals surface area (Å²) in [6, 6.07) is 3.82. The van der Waals surface area contributed by atoms with Gasteiger partial charge in [0.15, 0.2) is 0 Å². The Bertz CT molecular complexity index is 530. The van der Waals surface area contributed by atoms with E-state index in [1.807, 2.05) is 17.5 Å². The highest BCUT2D eigenvalue weighted by Gasteiger charge is 2.10. The molecule has 6 heteroatoms. The molecule has 1 aromatic rings. The van der Waals surface area contributed by atoms with Crippen LogP contribution in [0.4, 0.5) is 0 Å². The zero-order valence-electron chi connectivity index (χ0n) is 12.8. The Morgan fingerprint density at radius 2 is 2.09 bits per heavy atom. The van der Waals surface area contributed by atoms with E-state index in [4.69, 9.17) is 11.5 Å². The van der Waals surface area contributed by atoms with Crippen molar-refractivity contribution in [2.75, 3.05) is 19.6 Å². The minimum atomic E-state index is -0.176. The summed E-state index contributed by atoms with van der Waals surface area (Å²) < 4.78 is 0. The summed E-state index contributed by atoms with van der Waals surface area (Å²) in [6.45, 7) is 3.27. The number of nitrogens with zero attached hydrogens (tertiary/aromatic N) is 2. The van der Waals surface area contributed by atoms with Gasteiger partial charge in [0.1, 0.15) is 5.84 Å². The second-order valence-corrected chi connectivity index (χ2v) is 6.46. The average Bonchev–Trinajstić information content (AvgIpc) is 3.02. The summed E-state index contributed by atoms with van der Waals surface area (Å²) in [7, 11) is 0. The zero-order chi connectivity index (χ0) is 15.8. The second-order valence-electron chi connectivity index (χ2n) is 5.51. The van der Waals surface area contributed by atoms with Gasteiger partial charge in [0.2, 0.25) is 5.91 Å². The minimum absolute atomic E-state index is 0.175. The number of rotatable bonds is 6. The number of nitrogens with two attached hydrogens (primary N) is 2. The average molecular weight is 320 g/mol. The molecular formula is C16H24N4OS. The fraction of sp³-hybridized carbons (Fsp3) is 0.500. The van der Waals surface area contributed by atoms with Crippen LogP contribution in [0.2, 0.25) is 0 Å². The molecule has 5 nitrogen and oxygen atoms in total. The number of carbonyl (C=O) groups is 1. The number of piperidine rings is 1. The van der Waals surface area contributed by atoms with Gasteiger partial charge in [0.25, 0.3) is 0 Å². The van der Waals surface area contributed by atoms with Crippen molar-refractivity contribution in [3.8, 4) is 0 Å². The van der Waals surface area contributed by atoms with Crippen LogP contribution < -0.4 is 11.5 Å². The summed E-state index contributed by atoms with van der Waals surface area (Å²) in [4.78, 5) is 19.0. The predicted molar refractivity (Wildman–Crippen MR) is 92.6 cm³/mol. The number of hydrogen-bond acceptors (Lipinski definition) is 4. The lowest BCUT2D eigenvalue weighted by atomic mass is 10.1. The highest BCUT2D eigenvalue weighted by atomic mass is 32.1. The molecular weight excluding hydrogens is 296 g/mol. The Labute approximate surface area is 135 Å². The van der Waals surface area contributed by atoms with Crippen LogP contribution in [-0.2, 0) is 4.79 Å². The van der Waals surface area contributed by atoms with Gasteiger partial charge < -0.3 is 16.4 Å². The first kappa shape index (κ1) is 16.7. The molecule has 2 heterocycles. The zero-order valence-corrected chi connectivity index (χ0v) is 13.6. The van der Waals surface area contributed by atoms with Crippen LogP contribution in [0.15, 0.2) is 28.6 Å². The van der Waals surface area contributed by atoms with Gasteiger partial charge in [-0.05, 0) is 50.3 Å². The normalized spacial score (nSPS) is 17.6. The van der Waals surface area contributed by atoms with Gasteiger partial charge in [-0.1, -0.05) is 12.5 Å². The maximum absolute atomic E-state index is 11.8. The lowest BCUT2D eigenvalue weighted by Crippen LogP contribution is -2.30. The first-order valence-corrected chi connectivity index (χ1v) is 8.63. The van der Waals surface area contributed by atoms with E-state index in [2.05, 4.69) is 9.89 Å². The Balaban J connectivity index is 1.76. The Hall–Kier alpha value is -1.66. The van der Waals surface area contributed by atoms with E-state index in [1.54, 1.807) is 6.08 Å². The summed E-state index contributed by atoms with van der Waals surface area (Å²) in [5.74, 6) is -0.00129. The van der Waals surface area contributed by atoms with Crippen molar-refractivity contribution in [2.45, 2.75) is 32.1 Å². The molecule has 0 unspecified atom stereocenters. The van der Waals surface area contributed by atoms with Crippen molar-refractivity contribution in [3.05, 3.63) is 28.5 Å². The lowest BCUT2D eigenvalue weighted by molar-refractivity contribution is -0.117. The van der Waals surface area contributed by atoms with Crippen LogP contribution in [0.3, 0.4) is 0 Å². The van der Waals surface area contributed by atoms with E-state index in [1.165, 1.54) is 30.6 Å². The SMILES string of the molecule is NC(=CC(N)=NC(=O)CCCN1CCCCC1)c1cccs1. The Kier molecular flexibility index (Phi) is 6.61. The Morgan fingerprint density at radius 1 is 1.32 bits per heavy atom. The summed E-state index contributed by atoms with van der Waals surface area (Å²) in [5.41, 5.74) is 12.2. The number of likely N-dealkylation sites (tertiary alicyclic amines) is 1. The molecule has 1 aliphatic rings. The number of amidine groups is 1. The van der Waals surface area contributed by atoms with Gasteiger partial charge in [-0.25, -0.2) is 0 Å². The van der Waals surface area contributed by atoms with Gasteiger partial charge in [0, 0.05) is 12.5 Å². The van der Waals surface area contributed by atoms with E-state index in [9.17, 15) is 4.79 Å². The highest BCUT2D eigenvalue weighted by Crippen LogP contribution is 2.15. The van der Waals surface area contributed by atoms with Crippen molar-refractivity contribution in [3.63, 3.8) is 0 Å². The molecule has 0 spiro atoms. The molecule has 0 radical (unpaired) electrons. The van der Waals surface area contributed by atoms with E-state index >= 15 is 0 Å². The van der Waals surface area contributed by atoms with Crippen molar-refractivity contribution < 1.29 is 4.79 Å². The van der Waals surface area contributed by atoms with Crippen LogP contribution >= 0.6 is 11.3 Å². The monoisotopic (exact) mass is 320 g/mol. The molecule has 0 aromatic carbocycles. The van der Waals surface area contributed by atoms with Crippen LogP contribution in [0, 0.1) is 0 Å². The van der Waals surface area contributed by atoms with Crippen LogP contribution in [0.5, 0.6) is 0 Å². The van der Waals surface area contributed by atoms with Gasteiger partial charge in [-0.2, -0.15) is 4.99 Å². The van der Waals surface area contributed by atoms with Gasteiger partial charge in [-0.3, -0.25) is 4.79 Å². The van der Waals surface area contributed by atoms with Gasteiger partial charge in [0.05, 0.1) is 10.6 Å². The second kappa shape index (κ2) is 8.70. The molecule has 120 valence electrons. The lowest BCUT2D eigenvalue weighted by Gasteiger charge is -2.25. The standard InChI is InChI=1S/C16H24N4OS/c17-13(14-6-5-11-22-14)12-15(18)19-16(21)7-4-10-20-8-2-1-3-9-20/h5-6,11-12H,1-4,7-10,17H2,(H2,18,19,21). The molecule has 22 heavy (non-hydrogen) atoms. The number of aliphatic imine (C=N–C) groups is 1. The maximum atomic E-state index is 11.8. The van der Waals surface area contributed by atoms with Crippen molar-refractivity contribution in [2.24, 2.45) is 16.5 Å². The van der Waals surface area contributed by atoms with Gasteiger partial charge in [-0.15, -0.1) is 11.3 Å². The number of carbonyl (C=O) groups excluding carboxylic acids is 1. The van der Waals surface area contributed by atoms with E-state index in [0.29, 0.717) is 12.1 Å². The van der Waals surface area contributed by atoms with Crippen molar-refractivity contribution in [1.29, 1.82) is 0 Å². The van der Waals surface area contributed by atoms with E-state index in [0.717, 1.165) is 30.9 Å². The molecule has 4 N–H and O–H groups in total. The third-order valence-electron chi connectivity index (χ3n) is 3.68. The number of hydrogen-bond donors (Lipinski definition) is 2. The first-order chi connectivity index (χ1) is 10.6. The number of thiophene rings is 1. The third-order valence-corrected chi connectivity index (χ3v) is 4.60. The molecule has 0 bridgehead atoms. The van der Waals surface area contributed by atoms with Crippen LogP contribution in [0.25, 0.3) is 5.70 Å². The molecule has 0 atom stereocenters. The molecule has 2 rings (SSSR count). The molecule has 1 saturated heterocycles. The molecule has 1 aliphatic heterocycles. The van der Waals surface area contributed by atoms with E-state index < -0.39 is 0 Å². The van der Waals surface area contributed by atoms with Crippen LogP contribution in [-0.4, -0.2) is 36.3 Å². The Morgan fingerprint density at radius 3 is 2.77 bits per heavy atom. The molecule has 0 aliphatic carbocycles. The molecule has 1 aromatic heterocycles. The molecule has 1 fully saturated rings. The summed E-state index contributed by atoms with van der Waals surface area (Å²) in [6.07, 6.45) is 6.68. The van der Waals surface area contributed by atoms with Crippen molar-refractivity contribution >= 4 is 28.8 Å². The van der Waals surface area contributed by atoms with Crippen molar-refractivity contribution in [1.82, 2.24) is 4.90 Å². The fourth-order valence-electron chi connectivity index (χ4n) is 2.54. The fourth-order valence-corrected chi connectivity index (χ4v) is 3.20.